The van der Waals surface area contributed by atoms with E-state index < -0.39 is 11.6 Å². The average Bonchev–Trinajstić information content (AvgIpc) is 3.01. The first-order valence-electron chi connectivity index (χ1n) is 7.95. The van der Waals surface area contributed by atoms with Gasteiger partial charge < -0.3 is 23.4 Å². The van der Waals surface area contributed by atoms with Gasteiger partial charge in [-0.05, 0) is 12.1 Å². The summed E-state index contributed by atoms with van der Waals surface area (Å²) in [6.07, 6.45) is 1.58. The standard InChI is InChI=1S/C19H15NO7/c1-23-15-8-5-6-20-13-11(8)12(16(24-2)17(15)25-3)9-7-10(18(21)26-4)19(22)27-14(9)13/h5-7H,1-4H3. The van der Waals surface area contributed by atoms with Crippen molar-refractivity contribution in [2.45, 2.75) is 0 Å². The quantitative estimate of drug-likeness (QED) is 0.507. The fourth-order valence-corrected chi connectivity index (χ4v) is 3.45. The van der Waals surface area contributed by atoms with Crippen molar-refractivity contribution < 1.29 is 28.2 Å². The lowest BCUT2D eigenvalue weighted by molar-refractivity contribution is 0.0596. The summed E-state index contributed by atoms with van der Waals surface area (Å²) in [5.74, 6) is 0.714. The maximum atomic E-state index is 12.3. The van der Waals surface area contributed by atoms with Gasteiger partial charge in [0.2, 0.25) is 5.75 Å². The molecule has 0 aliphatic heterocycles. The van der Waals surface area contributed by atoms with Crippen LogP contribution in [0.5, 0.6) is 17.2 Å². The molecule has 8 heteroatoms. The number of hydrogen-bond acceptors (Lipinski definition) is 8. The molecule has 3 aromatic rings. The Labute approximate surface area is 153 Å². The van der Waals surface area contributed by atoms with E-state index in [1.54, 1.807) is 12.3 Å². The van der Waals surface area contributed by atoms with Crippen molar-refractivity contribution >= 4 is 16.7 Å². The van der Waals surface area contributed by atoms with Crippen LogP contribution in [0.2, 0.25) is 0 Å². The van der Waals surface area contributed by atoms with E-state index in [0.717, 1.165) is 0 Å². The van der Waals surface area contributed by atoms with E-state index in [4.69, 9.17) is 18.6 Å². The Morgan fingerprint density at radius 1 is 1.04 bits per heavy atom. The summed E-state index contributed by atoms with van der Waals surface area (Å²) in [6.45, 7) is 0. The lowest BCUT2D eigenvalue weighted by atomic mass is 10.0. The molecule has 1 aromatic carbocycles. The molecule has 0 atom stereocenters. The second-order valence-electron chi connectivity index (χ2n) is 5.74. The maximum absolute atomic E-state index is 12.3. The zero-order chi connectivity index (χ0) is 19.3. The molecule has 138 valence electrons. The number of hydrogen-bond donors (Lipinski definition) is 0. The predicted octanol–water partition coefficient (Wildman–Crippen LogP) is 2.65. The van der Waals surface area contributed by atoms with Gasteiger partial charge in [0.25, 0.3) is 0 Å². The highest BCUT2D eigenvalue weighted by molar-refractivity contribution is 6.18. The van der Waals surface area contributed by atoms with E-state index in [2.05, 4.69) is 9.72 Å². The number of benzene rings is 1. The Morgan fingerprint density at radius 2 is 1.74 bits per heavy atom. The van der Waals surface area contributed by atoms with Crippen LogP contribution in [0.3, 0.4) is 0 Å². The Morgan fingerprint density at radius 3 is 2.37 bits per heavy atom. The molecule has 0 N–H and O–H groups in total. The molecule has 0 spiro atoms. The van der Waals surface area contributed by atoms with Crippen LogP contribution in [-0.4, -0.2) is 39.4 Å². The number of carbonyl (C=O) groups is 1. The number of nitrogens with zero attached hydrogens (tertiary/aromatic N) is 1. The third kappa shape index (κ3) is 2.13. The minimum Gasteiger partial charge on any atom is -0.492 e. The van der Waals surface area contributed by atoms with E-state index in [1.807, 2.05) is 0 Å². The summed E-state index contributed by atoms with van der Waals surface area (Å²) in [6, 6.07) is 3.20. The zero-order valence-corrected chi connectivity index (χ0v) is 15.0. The number of carbonyl (C=O) groups excluding carboxylic acids is 1. The first-order valence-corrected chi connectivity index (χ1v) is 7.95. The third-order valence-electron chi connectivity index (χ3n) is 4.54. The second-order valence-corrected chi connectivity index (χ2v) is 5.74. The van der Waals surface area contributed by atoms with Gasteiger partial charge in [0.1, 0.15) is 11.3 Å². The van der Waals surface area contributed by atoms with Crippen LogP contribution < -0.4 is 19.8 Å². The molecule has 0 bridgehead atoms. The average molecular weight is 369 g/mol. The molecule has 2 heterocycles. The van der Waals surface area contributed by atoms with E-state index in [-0.39, 0.29) is 11.3 Å². The number of pyridine rings is 1. The van der Waals surface area contributed by atoms with Crippen molar-refractivity contribution in [1.82, 2.24) is 4.98 Å². The molecule has 0 amide bonds. The third-order valence-corrected chi connectivity index (χ3v) is 4.54. The Hall–Kier alpha value is -3.55. The summed E-state index contributed by atoms with van der Waals surface area (Å²) in [5, 5.41) is 1.40. The minimum atomic E-state index is -0.801. The fraction of sp³-hybridized carbons (Fsp3) is 0.211. The summed E-state index contributed by atoms with van der Waals surface area (Å²) in [5.41, 5.74) is 0.549. The van der Waals surface area contributed by atoms with E-state index in [1.165, 1.54) is 34.5 Å². The van der Waals surface area contributed by atoms with Crippen molar-refractivity contribution in [3.63, 3.8) is 0 Å². The molecule has 0 saturated heterocycles. The Kier molecular flexibility index (Phi) is 3.76. The normalized spacial score (nSPS) is 11.3. The van der Waals surface area contributed by atoms with Crippen LogP contribution >= 0.6 is 0 Å². The minimum absolute atomic E-state index is 0.214. The van der Waals surface area contributed by atoms with E-state index in [0.29, 0.717) is 44.8 Å². The largest absolute Gasteiger partial charge is 0.492 e. The topological polar surface area (TPSA) is 97.1 Å². The summed E-state index contributed by atoms with van der Waals surface area (Å²) in [4.78, 5) is 28.6. The van der Waals surface area contributed by atoms with Gasteiger partial charge in [0, 0.05) is 28.1 Å². The molecule has 1 aliphatic rings. The highest BCUT2D eigenvalue weighted by atomic mass is 16.5. The fourth-order valence-electron chi connectivity index (χ4n) is 3.45. The molecule has 0 unspecified atom stereocenters. The van der Waals surface area contributed by atoms with Crippen LogP contribution in [0, 0.1) is 0 Å². The van der Waals surface area contributed by atoms with Gasteiger partial charge in [0.05, 0.1) is 28.4 Å². The smallest absolute Gasteiger partial charge is 0.351 e. The van der Waals surface area contributed by atoms with Crippen LogP contribution in [0.25, 0.3) is 33.4 Å². The van der Waals surface area contributed by atoms with Gasteiger partial charge in [-0.3, -0.25) is 4.98 Å². The molecule has 27 heavy (non-hydrogen) atoms. The number of fused-ring (bicyclic) bond motifs is 3. The molecule has 0 fully saturated rings. The van der Waals surface area contributed by atoms with Gasteiger partial charge in [-0.2, -0.15) is 0 Å². The number of rotatable bonds is 4. The van der Waals surface area contributed by atoms with Crippen LogP contribution in [0.15, 0.2) is 27.5 Å². The molecule has 0 saturated carbocycles. The number of aromatic nitrogens is 1. The number of esters is 1. The molecule has 0 radical (unpaired) electrons. The highest BCUT2D eigenvalue weighted by Gasteiger charge is 2.35. The molecule has 8 nitrogen and oxygen atoms in total. The van der Waals surface area contributed by atoms with Crippen LogP contribution in [0.4, 0.5) is 0 Å². The number of methoxy groups -OCH3 is 4. The van der Waals surface area contributed by atoms with Gasteiger partial charge in [0.15, 0.2) is 17.3 Å². The lowest BCUT2D eigenvalue weighted by Crippen LogP contribution is -2.15. The van der Waals surface area contributed by atoms with Crippen molar-refractivity contribution in [3.05, 3.63) is 34.3 Å². The van der Waals surface area contributed by atoms with Crippen molar-refractivity contribution in [2.24, 2.45) is 0 Å². The number of ether oxygens (including phenoxy) is 4. The highest BCUT2D eigenvalue weighted by Crippen LogP contribution is 2.57. The van der Waals surface area contributed by atoms with Crippen molar-refractivity contribution in [2.75, 3.05) is 28.4 Å². The first kappa shape index (κ1) is 16.9. The monoisotopic (exact) mass is 369 g/mol. The van der Waals surface area contributed by atoms with Gasteiger partial charge in [-0.25, -0.2) is 9.59 Å². The first-order chi connectivity index (χ1) is 13.1. The summed E-state index contributed by atoms with van der Waals surface area (Å²) in [7, 11) is 5.72. The maximum Gasteiger partial charge on any atom is 0.351 e. The van der Waals surface area contributed by atoms with Gasteiger partial charge >= 0.3 is 11.6 Å². The van der Waals surface area contributed by atoms with E-state index >= 15 is 0 Å². The van der Waals surface area contributed by atoms with Crippen LogP contribution in [-0.2, 0) is 4.74 Å². The molecular formula is C19H15NO7. The molecule has 1 aliphatic carbocycles. The van der Waals surface area contributed by atoms with Gasteiger partial charge in [-0.15, -0.1) is 0 Å². The molecule has 2 aromatic heterocycles. The zero-order valence-electron chi connectivity index (χ0n) is 15.0. The predicted molar refractivity (Wildman–Crippen MR) is 95.7 cm³/mol. The Balaban J connectivity index is 2.20. The van der Waals surface area contributed by atoms with Crippen LogP contribution in [0.1, 0.15) is 10.4 Å². The van der Waals surface area contributed by atoms with Gasteiger partial charge in [-0.1, -0.05) is 0 Å². The summed E-state index contributed by atoms with van der Waals surface area (Å²) >= 11 is 0. The molecule has 4 rings (SSSR count). The van der Waals surface area contributed by atoms with Crippen molar-refractivity contribution in [1.29, 1.82) is 0 Å². The lowest BCUT2D eigenvalue weighted by Gasteiger charge is -2.17. The Bertz CT molecular complexity index is 1160. The second kappa shape index (κ2) is 6.01. The van der Waals surface area contributed by atoms with Crippen molar-refractivity contribution in [3.8, 4) is 39.8 Å². The molecular weight excluding hydrogens is 354 g/mol. The SMILES string of the molecule is COC(=O)c1cc2c(oc1=O)-c1nccc3c(OC)c(OC)c(OC)c-2c13. The van der Waals surface area contributed by atoms with E-state index in [9.17, 15) is 9.59 Å². The summed E-state index contributed by atoms with van der Waals surface area (Å²) < 4.78 is 26.7.